The maximum absolute atomic E-state index is 12.1. The Morgan fingerprint density at radius 2 is 1.72 bits per heavy atom. The maximum Gasteiger partial charge on any atom is 0.319 e. The van der Waals surface area contributed by atoms with Gasteiger partial charge < -0.3 is 20.4 Å². The van der Waals surface area contributed by atoms with Gasteiger partial charge in [0.15, 0.2) is 0 Å². The minimum absolute atomic E-state index is 0.144. The SMILES string of the molecule is Cc1ccc(C(=O)Nc2ccc(NC(=O)NCc3ccco3)cc2)s1. The monoisotopic (exact) mass is 355 g/mol. The zero-order chi connectivity index (χ0) is 17.6. The average Bonchev–Trinajstić information content (AvgIpc) is 3.26. The Morgan fingerprint density at radius 3 is 2.32 bits per heavy atom. The average molecular weight is 355 g/mol. The Bertz CT molecular complexity index is 854. The highest BCUT2D eigenvalue weighted by atomic mass is 32.1. The number of carbonyl (C=O) groups is 2. The molecule has 1 aromatic carbocycles. The smallest absolute Gasteiger partial charge is 0.319 e. The van der Waals surface area contributed by atoms with E-state index in [0.29, 0.717) is 28.6 Å². The van der Waals surface area contributed by atoms with Crippen LogP contribution in [-0.2, 0) is 6.54 Å². The lowest BCUT2D eigenvalue weighted by atomic mass is 10.2. The Balaban J connectivity index is 1.51. The second-order valence-corrected chi connectivity index (χ2v) is 6.62. The van der Waals surface area contributed by atoms with Gasteiger partial charge in [-0.05, 0) is 55.5 Å². The zero-order valence-corrected chi connectivity index (χ0v) is 14.4. The van der Waals surface area contributed by atoms with Crippen molar-refractivity contribution in [2.45, 2.75) is 13.5 Å². The summed E-state index contributed by atoms with van der Waals surface area (Å²) in [5.74, 6) is 0.534. The Kier molecular flexibility index (Phi) is 5.15. The molecule has 0 radical (unpaired) electrons. The lowest BCUT2D eigenvalue weighted by molar-refractivity contribution is 0.103. The number of carbonyl (C=O) groups excluding carboxylic acids is 2. The van der Waals surface area contributed by atoms with Crippen LogP contribution in [-0.4, -0.2) is 11.9 Å². The summed E-state index contributed by atoms with van der Waals surface area (Å²) in [7, 11) is 0. The molecule has 3 aromatic rings. The van der Waals surface area contributed by atoms with Crippen molar-refractivity contribution in [1.82, 2.24) is 5.32 Å². The molecule has 6 nitrogen and oxygen atoms in total. The van der Waals surface area contributed by atoms with Crippen LogP contribution in [0.5, 0.6) is 0 Å². The van der Waals surface area contributed by atoms with Crippen LogP contribution in [0.4, 0.5) is 16.2 Å². The first-order valence-electron chi connectivity index (χ1n) is 7.65. The Hall–Kier alpha value is -3.06. The van der Waals surface area contributed by atoms with Gasteiger partial charge in [-0.2, -0.15) is 0 Å². The molecule has 7 heteroatoms. The molecule has 2 heterocycles. The molecule has 2 aromatic heterocycles. The molecule has 3 amide bonds. The molecule has 0 saturated carbocycles. The fraction of sp³-hybridized carbons (Fsp3) is 0.111. The number of amides is 3. The number of urea groups is 1. The van der Waals surface area contributed by atoms with Crippen LogP contribution in [0.1, 0.15) is 20.3 Å². The standard InChI is InChI=1S/C18H17N3O3S/c1-12-4-9-16(25-12)17(22)20-13-5-7-14(8-6-13)21-18(23)19-11-15-3-2-10-24-15/h2-10H,11H2,1H3,(H,20,22)(H2,19,21,23). The van der Waals surface area contributed by atoms with E-state index >= 15 is 0 Å². The molecule has 0 aliphatic carbocycles. The summed E-state index contributed by atoms with van der Waals surface area (Å²) in [6.45, 7) is 2.27. The summed E-state index contributed by atoms with van der Waals surface area (Å²) in [5, 5.41) is 8.24. The van der Waals surface area contributed by atoms with Crippen molar-refractivity contribution in [3.8, 4) is 0 Å². The number of benzene rings is 1. The quantitative estimate of drug-likeness (QED) is 0.640. The van der Waals surface area contributed by atoms with Gasteiger partial charge in [0.1, 0.15) is 5.76 Å². The van der Waals surface area contributed by atoms with Crippen molar-refractivity contribution in [3.05, 3.63) is 70.3 Å². The number of nitrogens with one attached hydrogen (secondary N) is 3. The predicted molar refractivity (Wildman–Crippen MR) is 98.0 cm³/mol. The number of anilines is 2. The van der Waals surface area contributed by atoms with Gasteiger partial charge in [0.25, 0.3) is 5.91 Å². The predicted octanol–water partition coefficient (Wildman–Crippen LogP) is 4.22. The third-order valence-corrected chi connectivity index (χ3v) is 4.37. The summed E-state index contributed by atoms with van der Waals surface area (Å²) >= 11 is 1.45. The Morgan fingerprint density at radius 1 is 1.00 bits per heavy atom. The minimum Gasteiger partial charge on any atom is -0.467 e. The molecule has 0 saturated heterocycles. The van der Waals surface area contributed by atoms with E-state index in [-0.39, 0.29) is 11.9 Å². The summed E-state index contributed by atoms with van der Waals surface area (Å²) in [6, 6.07) is 13.8. The van der Waals surface area contributed by atoms with E-state index in [1.54, 1.807) is 48.7 Å². The number of rotatable bonds is 5. The summed E-state index contributed by atoms with van der Waals surface area (Å²) in [5.41, 5.74) is 1.29. The van der Waals surface area contributed by atoms with Crippen molar-refractivity contribution < 1.29 is 14.0 Å². The fourth-order valence-corrected chi connectivity index (χ4v) is 2.90. The molecule has 0 fully saturated rings. The molecule has 0 unspecified atom stereocenters. The number of thiophene rings is 1. The van der Waals surface area contributed by atoms with Crippen molar-refractivity contribution >= 4 is 34.6 Å². The van der Waals surface area contributed by atoms with Crippen LogP contribution in [0.25, 0.3) is 0 Å². The van der Waals surface area contributed by atoms with Crippen LogP contribution >= 0.6 is 11.3 Å². The topological polar surface area (TPSA) is 83.4 Å². The summed E-state index contributed by atoms with van der Waals surface area (Å²) in [6.07, 6.45) is 1.55. The van der Waals surface area contributed by atoms with Crippen molar-refractivity contribution in [1.29, 1.82) is 0 Å². The van der Waals surface area contributed by atoms with E-state index in [1.165, 1.54) is 11.3 Å². The minimum atomic E-state index is -0.331. The molecule has 0 aliphatic heterocycles. The van der Waals surface area contributed by atoms with Gasteiger partial charge in [-0.3, -0.25) is 4.79 Å². The van der Waals surface area contributed by atoms with Gasteiger partial charge >= 0.3 is 6.03 Å². The number of aryl methyl sites for hydroxylation is 1. The largest absolute Gasteiger partial charge is 0.467 e. The van der Waals surface area contributed by atoms with Crippen molar-refractivity contribution in [2.24, 2.45) is 0 Å². The number of furan rings is 1. The number of hydrogen-bond acceptors (Lipinski definition) is 4. The second kappa shape index (κ2) is 7.67. The maximum atomic E-state index is 12.1. The van der Waals surface area contributed by atoms with E-state index < -0.39 is 0 Å². The van der Waals surface area contributed by atoms with Crippen LogP contribution in [0.2, 0.25) is 0 Å². The van der Waals surface area contributed by atoms with Crippen LogP contribution < -0.4 is 16.0 Å². The lowest BCUT2D eigenvalue weighted by Crippen LogP contribution is -2.27. The first-order chi connectivity index (χ1) is 12.1. The van der Waals surface area contributed by atoms with E-state index in [9.17, 15) is 9.59 Å². The first kappa shape index (κ1) is 16.8. The van der Waals surface area contributed by atoms with E-state index in [4.69, 9.17) is 4.42 Å². The molecule has 0 spiro atoms. The van der Waals surface area contributed by atoms with Gasteiger partial charge in [0.2, 0.25) is 0 Å². The van der Waals surface area contributed by atoms with E-state index in [2.05, 4.69) is 16.0 Å². The highest BCUT2D eigenvalue weighted by Crippen LogP contribution is 2.18. The molecule has 0 aliphatic rings. The molecule has 128 valence electrons. The van der Waals surface area contributed by atoms with Crippen molar-refractivity contribution in [2.75, 3.05) is 10.6 Å². The van der Waals surface area contributed by atoms with E-state index in [0.717, 1.165) is 4.88 Å². The highest BCUT2D eigenvalue weighted by Gasteiger charge is 2.08. The molecule has 3 rings (SSSR count). The molecule has 0 atom stereocenters. The van der Waals surface area contributed by atoms with Crippen LogP contribution in [0, 0.1) is 6.92 Å². The molecule has 3 N–H and O–H groups in total. The third-order valence-electron chi connectivity index (χ3n) is 3.37. The van der Waals surface area contributed by atoms with Gasteiger partial charge in [-0.15, -0.1) is 11.3 Å². The summed E-state index contributed by atoms with van der Waals surface area (Å²) in [4.78, 5) is 25.7. The molecule has 25 heavy (non-hydrogen) atoms. The molecule has 0 bridgehead atoms. The second-order valence-electron chi connectivity index (χ2n) is 5.33. The number of hydrogen-bond donors (Lipinski definition) is 3. The van der Waals surface area contributed by atoms with Gasteiger partial charge in [-0.25, -0.2) is 4.79 Å². The summed E-state index contributed by atoms with van der Waals surface area (Å²) < 4.78 is 5.14. The van der Waals surface area contributed by atoms with Gasteiger partial charge in [0, 0.05) is 16.3 Å². The van der Waals surface area contributed by atoms with Crippen molar-refractivity contribution in [3.63, 3.8) is 0 Å². The van der Waals surface area contributed by atoms with E-state index in [1.807, 2.05) is 13.0 Å². The zero-order valence-electron chi connectivity index (χ0n) is 13.5. The molecular weight excluding hydrogens is 338 g/mol. The molecular formula is C18H17N3O3S. The van der Waals surface area contributed by atoms with Crippen LogP contribution in [0.3, 0.4) is 0 Å². The van der Waals surface area contributed by atoms with Crippen LogP contribution in [0.15, 0.2) is 59.2 Å². The Labute approximate surface area is 148 Å². The van der Waals surface area contributed by atoms with Gasteiger partial charge in [-0.1, -0.05) is 0 Å². The lowest BCUT2D eigenvalue weighted by Gasteiger charge is -2.08. The highest BCUT2D eigenvalue weighted by molar-refractivity contribution is 7.14. The fourth-order valence-electron chi connectivity index (χ4n) is 2.14. The van der Waals surface area contributed by atoms with Gasteiger partial charge in [0.05, 0.1) is 17.7 Å². The first-order valence-corrected chi connectivity index (χ1v) is 8.47. The third kappa shape index (κ3) is 4.71. The normalized spacial score (nSPS) is 10.3.